The maximum Gasteiger partial charge on any atom is 0.310 e. The zero-order valence-corrected chi connectivity index (χ0v) is 12.3. The topological polar surface area (TPSA) is 65.2 Å². The van der Waals surface area contributed by atoms with Gasteiger partial charge >= 0.3 is 5.97 Å². The highest BCUT2D eigenvalue weighted by Gasteiger charge is 2.12. The summed E-state index contributed by atoms with van der Waals surface area (Å²) in [6, 6.07) is 13.1. The Morgan fingerprint density at radius 2 is 1.86 bits per heavy atom. The van der Waals surface area contributed by atoms with Crippen LogP contribution < -0.4 is 10.5 Å². The van der Waals surface area contributed by atoms with Gasteiger partial charge in [0.1, 0.15) is 5.75 Å². The number of fused-ring (bicyclic) bond motifs is 2. The summed E-state index contributed by atoms with van der Waals surface area (Å²) in [5, 5.41) is 1.55. The molecule has 4 nitrogen and oxygen atoms in total. The fourth-order valence-electron chi connectivity index (χ4n) is 2.23. The maximum absolute atomic E-state index is 11.5. The van der Waals surface area contributed by atoms with Crippen LogP contribution >= 0.6 is 12.4 Å². The van der Waals surface area contributed by atoms with Crippen LogP contribution in [0, 0.1) is 0 Å². The first-order chi connectivity index (χ1) is 9.70. The van der Waals surface area contributed by atoms with E-state index in [4.69, 9.17) is 10.5 Å². The SMILES string of the molecule is CCC(=O)Oc1cccc2nc3ccccc3c(N)c12.Cl. The number of aromatic nitrogens is 1. The summed E-state index contributed by atoms with van der Waals surface area (Å²) in [5.74, 6) is 0.176. The highest BCUT2D eigenvalue weighted by molar-refractivity contribution is 6.09. The third kappa shape index (κ3) is 2.62. The molecule has 2 N–H and O–H groups in total. The van der Waals surface area contributed by atoms with E-state index in [1.807, 2.05) is 36.4 Å². The number of ether oxygens (including phenoxy) is 1. The lowest BCUT2D eigenvalue weighted by atomic mass is 10.1. The molecule has 3 aromatic rings. The van der Waals surface area contributed by atoms with Gasteiger partial charge in [0.05, 0.1) is 22.1 Å². The molecule has 0 fully saturated rings. The molecule has 0 spiro atoms. The van der Waals surface area contributed by atoms with Crippen molar-refractivity contribution >= 4 is 45.9 Å². The summed E-state index contributed by atoms with van der Waals surface area (Å²) in [5.41, 5.74) is 8.38. The van der Waals surface area contributed by atoms with Gasteiger partial charge in [0.15, 0.2) is 0 Å². The molecule has 0 aliphatic carbocycles. The van der Waals surface area contributed by atoms with Crippen molar-refractivity contribution in [3.05, 3.63) is 42.5 Å². The van der Waals surface area contributed by atoms with Crippen molar-refractivity contribution in [3.63, 3.8) is 0 Å². The van der Waals surface area contributed by atoms with Crippen LogP contribution in [0.15, 0.2) is 42.5 Å². The van der Waals surface area contributed by atoms with Gasteiger partial charge in [0.2, 0.25) is 0 Å². The Kier molecular flexibility index (Phi) is 4.29. The van der Waals surface area contributed by atoms with E-state index in [0.717, 1.165) is 16.4 Å². The average molecular weight is 303 g/mol. The lowest BCUT2D eigenvalue weighted by molar-refractivity contribution is -0.133. The molecule has 3 rings (SSSR count). The zero-order chi connectivity index (χ0) is 14.1. The molecule has 0 aliphatic heterocycles. The predicted molar refractivity (Wildman–Crippen MR) is 86.8 cm³/mol. The van der Waals surface area contributed by atoms with Crippen LogP contribution in [-0.2, 0) is 4.79 Å². The molecule has 0 saturated heterocycles. The number of hydrogen-bond donors (Lipinski definition) is 1. The van der Waals surface area contributed by atoms with Gasteiger partial charge in [-0.05, 0) is 18.2 Å². The Bertz CT molecular complexity index is 818. The fraction of sp³-hybridized carbons (Fsp3) is 0.125. The largest absolute Gasteiger partial charge is 0.426 e. The van der Waals surface area contributed by atoms with E-state index < -0.39 is 0 Å². The van der Waals surface area contributed by atoms with Gasteiger partial charge in [0.25, 0.3) is 0 Å². The number of nitrogen functional groups attached to an aromatic ring is 1. The fourth-order valence-corrected chi connectivity index (χ4v) is 2.23. The van der Waals surface area contributed by atoms with E-state index in [0.29, 0.717) is 23.2 Å². The Hall–Kier alpha value is -2.33. The van der Waals surface area contributed by atoms with Crippen molar-refractivity contribution in [3.8, 4) is 5.75 Å². The van der Waals surface area contributed by atoms with Gasteiger partial charge in [0, 0.05) is 11.8 Å². The van der Waals surface area contributed by atoms with Crippen molar-refractivity contribution in [2.24, 2.45) is 0 Å². The van der Waals surface area contributed by atoms with Crippen LogP contribution in [0.5, 0.6) is 5.75 Å². The number of halogens is 1. The summed E-state index contributed by atoms with van der Waals surface area (Å²) in [6.07, 6.45) is 0.317. The quantitative estimate of drug-likeness (QED) is 0.445. The van der Waals surface area contributed by atoms with Gasteiger partial charge in [-0.25, -0.2) is 4.98 Å². The van der Waals surface area contributed by atoms with Crippen LogP contribution in [0.3, 0.4) is 0 Å². The monoisotopic (exact) mass is 302 g/mol. The first-order valence-electron chi connectivity index (χ1n) is 6.48. The van der Waals surface area contributed by atoms with Crippen LogP contribution in [0.1, 0.15) is 13.3 Å². The summed E-state index contributed by atoms with van der Waals surface area (Å²) >= 11 is 0. The minimum atomic E-state index is -0.287. The molecule has 0 atom stereocenters. The minimum absolute atomic E-state index is 0. The standard InChI is InChI=1S/C16H14N2O2.ClH/c1-2-14(19)20-13-9-5-8-12-15(13)16(17)10-6-3-4-7-11(10)18-12;/h3-9H,2H2,1H3,(H2,17,18);1H. The minimum Gasteiger partial charge on any atom is -0.426 e. The van der Waals surface area contributed by atoms with Crippen molar-refractivity contribution in [2.75, 3.05) is 5.73 Å². The van der Waals surface area contributed by atoms with Gasteiger partial charge in [-0.1, -0.05) is 31.2 Å². The van der Waals surface area contributed by atoms with E-state index in [1.54, 1.807) is 13.0 Å². The number of para-hydroxylation sites is 1. The van der Waals surface area contributed by atoms with Gasteiger partial charge in [-0.3, -0.25) is 4.79 Å². The molecule has 108 valence electrons. The number of nitrogens with zero attached hydrogens (tertiary/aromatic N) is 1. The molecule has 1 aromatic heterocycles. The number of nitrogens with two attached hydrogens (primary N) is 1. The summed E-state index contributed by atoms with van der Waals surface area (Å²) in [4.78, 5) is 16.1. The van der Waals surface area contributed by atoms with E-state index in [9.17, 15) is 4.79 Å². The van der Waals surface area contributed by atoms with Crippen LogP contribution in [0.2, 0.25) is 0 Å². The second-order valence-electron chi connectivity index (χ2n) is 4.52. The summed E-state index contributed by atoms with van der Waals surface area (Å²) in [7, 11) is 0. The Morgan fingerprint density at radius 3 is 2.62 bits per heavy atom. The zero-order valence-electron chi connectivity index (χ0n) is 11.5. The molecule has 0 bridgehead atoms. The molecule has 0 unspecified atom stereocenters. The molecule has 21 heavy (non-hydrogen) atoms. The number of carbonyl (C=O) groups excluding carboxylic acids is 1. The maximum atomic E-state index is 11.5. The molecule has 0 radical (unpaired) electrons. The smallest absolute Gasteiger partial charge is 0.310 e. The van der Waals surface area contributed by atoms with Crippen molar-refractivity contribution in [1.82, 2.24) is 4.98 Å². The van der Waals surface area contributed by atoms with Crippen LogP contribution in [-0.4, -0.2) is 11.0 Å². The van der Waals surface area contributed by atoms with Crippen LogP contribution in [0.4, 0.5) is 5.69 Å². The molecule has 2 aromatic carbocycles. The molecule has 0 aliphatic rings. The van der Waals surface area contributed by atoms with Crippen molar-refractivity contribution in [2.45, 2.75) is 13.3 Å². The Balaban J connectivity index is 0.00000161. The normalized spacial score (nSPS) is 10.3. The molecular weight excluding hydrogens is 288 g/mol. The van der Waals surface area contributed by atoms with Crippen molar-refractivity contribution in [1.29, 1.82) is 0 Å². The van der Waals surface area contributed by atoms with Crippen molar-refractivity contribution < 1.29 is 9.53 Å². The van der Waals surface area contributed by atoms with E-state index >= 15 is 0 Å². The third-order valence-corrected chi connectivity index (χ3v) is 3.22. The van der Waals surface area contributed by atoms with E-state index in [2.05, 4.69) is 4.98 Å². The number of benzene rings is 2. The molecule has 5 heteroatoms. The lowest BCUT2D eigenvalue weighted by Crippen LogP contribution is -2.06. The number of anilines is 1. The molecular formula is C16H15ClN2O2. The second-order valence-corrected chi connectivity index (χ2v) is 4.52. The van der Waals surface area contributed by atoms with Gasteiger partial charge in [-0.15, -0.1) is 12.4 Å². The van der Waals surface area contributed by atoms with Gasteiger partial charge in [-0.2, -0.15) is 0 Å². The first kappa shape index (κ1) is 15.1. The molecule has 0 amide bonds. The van der Waals surface area contributed by atoms with Crippen LogP contribution in [0.25, 0.3) is 21.8 Å². The lowest BCUT2D eigenvalue weighted by Gasteiger charge is -2.11. The Morgan fingerprint density at radius 1 is 1.14 bits per heavy atom. The van der Waals surface area contributed by atoms with E-state index in [-0.39, 0.29) is 18.4 Å². The number of rotatable bonds is 2. The molecule has 0 saturated carbocycles. The number of carbonyl (C=O) groups is 1. The Labute approximate surface area is 128 Å². The average Bonchev–Trinajstić information content (AvgIpc) is 2.47. The second kappa shape index (κ2) is 5.97. The summed E-state index contributed by atoms with van der Waals surface area (Å²) in [6.45, 7) is 1.75. The summed E-state index contributed by atoms with van der Waals surface area (Å²) < 4.78 is 5.35. The number of pyridine rings is 1. The highest BCUT2D eigenvalue weighted by atomic mass is 35.5. The third-order valence-electron chi connectivity index (χ3n) is 3.22. The predicted octanol–water partition coefficient (Wildman–Crippen LogP) is 3.71. The highest BCUT2D eigenvalue weighted by Crippen LogP contribution is 2.34. The van der Waals surface area contributed by atoms with E-state index in [1.165, 1.54) is 0 Å². The number of esters is 1. The number of hydrogen-bond acceptors (Lipinski definition) is 4. The molecule has 1 heterocycles. The van der Waals surface area contributed by atoms with Gasteiger partial charge < -0.3 is 10.5 Å². The first-order valence-corrected chi connectivity index (χ1v) is 6.48.